The van der Waals surface area contributed by atoms with Crippen molar-refractivity contribution in [3.05, 3.63) is 47.7 Å². The Balaban J connectivity index is 2.21. The fraction of sp³-hybridized carbons (Fsp3) is 0.353. The molecule has 0 spiro atoms. The third kappa shape index (κ3) is 6.50. The van der Waals surface area contributed by atoms with Gasteiger partial charge in [-0.3, -0.25) is 4.79 Å². The number of benzene rings is 1. The number of rotatable bonds is 6. The van der Waals surface area contributed by atoms with Gasteiger partial charge in [0.05, 0.1) is 0 Å². The molecular weight excluding hydrogens is 417 g/mol. The van der Waals surface area contributed by atoms with E-state index in [2.05, 4.69) is 15.3 Å². The molecule has 1 aromatic carbocycles. The van der Waals surface area contributed by atoms with E-state index in [0.717, 1.165) is 0 Å². The van der Waals surface area contributed by atoms with Crippen molar-refractivity contribution in [2.75, 3.05) is 0 Å². The van der Waals surface area contributed by atoms with Crippen LogP contribution in [-0.2, 0) is 0 Å². The van der Waals surface area contributed by atoms with Crippen molar-refractivity contribution >= 4 is 52.5 Å². The molecule has 0 radical (unpaired) electrons. The Morgan fingerprint density at radius 3 is 2.42 bits per heavy atom. The molecule has 140 valence electrons. The van der Waals surface area contributed by atoms with E-state index in [1.54, 1.807) is 36.4 Å². The van der Waals surface area contributed by atoms with E-state index in [1.165, 1.54) is 11.8 Å². The minimum absolute atomic E-state index is 0.213. The van der Waals surface area contributed by atoms with E-state index in [9.17, 15) is 4.79 Å². The van der Waals surface area contributed by atoms with Gasteiger partial charge in [-0.15, -0.1) is 0 Å². The lowest BCUT2D eigenvalue weighted by atomic mass is 10.2. The minimum Gasteiger partial charge on any atom is -0.449 e. The summed E-state index contributed by atoms with van der Waals surface area (Å²) in [6.07, 6.45) is -1.23. The highest BCUT2D eigenvalue weighted by Crippen LogP contribution is 2.32. The summed E-state index contributed by atoms with van der Waals surface area (Å²) in [6, 6.07) is 10.2. The zero-order valence-corrected chi connectivity index (χ0v) is 17.5. The lowest BCUT2D eigenvalue weighted by Gasteiger charge is -2.26. The third-order valence-electron chi connectivity index (χ3n) is 2.99. The standard InChI is InChI=1S/C17H18Cl3N3O2S/c1-10(2)26-16-21-11(3)9-13(22-16)25-15(17(18,19)20)23-14(24)12-7-5-4-6-8-12/h4-10,15H,1-3H3,(H,23,24)/t15-/m0/s1. The van der Waals surface area contributed by atoms with Crippen LogP contribution in [0.4, 0.5) is 0 Å². The molecule has 0 unspecified atom stereocenters. The number of aromatic nitrogens is 2. The van der Waals surface area contributed by atoms with Gasteiger partial charge >= 0.3 is 0 Å². The molecule has 9 heteroatoms. The van der Waals surface area contributed by atoms with Crippen LogP contribution in [0.15, 0.2) is 41.6 Å². The Hall–Kier alpha value is -1.21. The largest absolute Gasteiger partial charge is 0.449 e. The van der Waals surface area contributed by atoms with Crippen molar-refractivity contribution < 1.29 is 9.53 Å². The first-order chi connectivity index (χ1) is 12.1. The number of ether oxygens (including phenoxy) is 1. The molecule has 2 aromatic rings. The number of nitrogens with zero attached hydrogens (tertiary/aromatic N) is 2. The molecule has 0 aliphatic heterocycles. The van der Waals surface area contributed by atoms with E-state index in [4.69, 9.17) is 39.5 Å². The average Bonchev–Trinajstić information content (AvgIpc) is 2.53. The number of hydrogen-bond acceptors (Lipinski definition) is 5. The van der Waals surface area contributed by atoms with E-state index >= 15 is 0 Å². The van der Waals surface area contributed by atoms with E-state index in [-0.39, 0.29) is 5.88 Å². The summed E-state index contributed by atoms with van der Waals surface area (Å²) in [7, 11) is 0. The maximum atomic E-state index is 12.4. The summed E-state index contributed by atoms with van der Waals surface area (Å²) in [5.74, 6) is -0.213. The Labute approximate surface area is 171 Å². The first kappa shape index (κ1) is 21.1. The van der Waals surface area contributed by atoms with Crippen LogP contribution >= 0.6 is 46.6 Å². The van der Waals surface area contributed by atoms with Gasteiger partial charge in [-0.05, 0) is 19.1 Å². The van der Waals surface area contributed by atoms with Gasteiger partial charge in [-0.2, -0.15) is 4.98 Å². The maximum Gasteiger partial charge on any atom is 0.254 e. The number of nitrogens with one attached hydrogen (secondary N) is 1. The summed E-state index contributed by atoms with van der Waals surface area (Å²) in [5, 5.41) is 3.42. The topological polar surface area (TPSA) is 64.1 Å². The first-order valence-corrected chi connectivity index (χ1v) is 9.78. The zero-order valence-electron chi connectivity index (χ0n) is 14.4. The summed E-state index contributed by atoms with van der Waals surface area (Å²) in [5.41, 5.74) is 1.13. The smallest absolute Gasteiger partial charge is 0.254 e. The van der Waals surface area contributed by atoms with Gasteiger partial charge in [0.15, 0.2) is 5.16 Å². The molecule has 0 aliphatic carbocycles. The molecule has 2 rings (SSSR count). The molecule has 1 aromatic heterocycles. The summed E-state index contributed by atoms with van der Waals surface area (Å²) < 4.78 is 3.79. The Morgan fingerprint density at radius 1 is 1.19 bits per heavy atom. The molecule has 0 aliphatic rings. The van der Waals surface area contributed by atoms with Crippen molar-refractivity contribution in [3.63, 3.8) is 0 Å². The molecule has 0 bridgehead atoms. The van der Waals surface area contributed by atoms with Gasteiger partial charge < -0.3 is 10.1 Å². The zero-order chi connectivity index (χ0) is 19.3. The van der Waals surface area contributed by atoms with Crippen LogP contribution in [0.3, 0.4) is 0 Å². The molecule has 1 N–H and O–H groups in total. The van der Waals surface area contributed by atoms with Crippen LogP contribution in [-0.4, -0.2) is 31.1 Å². The highest BCUT2D eigenvalue weighted by molar-refractivity contribution is 7.99. The van der Waals surface area contributed by atoms with Crippen molar-refractivity contribution in [2.45, 2.75) is 41.2 Å². The van der Waals surface area contributed by atoms with Crippen LogP contribution < -0.4 is 10.1 Å². The molecule has 1 atom stereocenters. The predicted molar refractivity (Wildman–Crippen MR) is 106 cm³/mol. The van der Waals surface area contributed by atoms with Crippen LogP contribution in [0.1, 0.15) is 29.9 Å². The second kappa shape index (κ2) is 9.13. The highest BCUT2D eigenvalue weighted by atomic mass is 35.6. The average molecular weight is 435 g/mol. The lowest BCUT2D eigenvalue weighted by molar-refractivity contribution is 0.0824. The minimum atomic E-state index is -1.89. The quantitative estimate of drug-likeness (QED) is 0.306. The number of alkyl halides is 3. The van der Waals surface area contributed by atoms with Crippen LogP contribution in [0.2, 0.25) is 0 Å². The second-order valence-electron chi connectivity index (χ2n) is 5.68. The fourth-order valence-corrected chi connectivity index (χ4v) is 2.99. The van der Waals surface area contributed by atoms with Gasteiger partial charge in [0, 0.05) is 22.6 Å². The Kier molecular flexibility index (Phi) is 7.41. The summed E-state index contributed by atoms with van der Waals surface area (Å²) in [6.45, 7) is 5.87. The number of thioether (sulfide) groups is 1. The monoisotopic (exact) mass is 433 g/mol. The van der Waals surface area contributed by atoms with Crippen molar-refractivity contribution in [1.29, 1.82) is 0 Å². The normalized spacial score (nSPS) is 12.7. The lowest BCUT2D eigenvalue weighted by Crippen LogP contribution is -2.48. The van der Waals surface area contributed by atoms with Gasteiger partial charge in [0.2, 0.25) is 15.9 Å². The molecule has 0 saturated heterocycles. The molecule has 26 heavy (non-hydrogen) atoms. The van der Waals surface area contributed by atoms with Gasteiger partial charge in [-0.25, -0.2) is 4.98 Å². The summed E-state index contributed by atoms with van der Waals surface area (Å²) in [4.78, 5) is 21.0. The molecule has 1 heterocycles. The second-order valence-corrected chi connectivity index (χ2v) is 9.59. The van der Waals surface area contributed by atoms with E-state index in [0.29, 0.717) is 21.7 Å². The SMILES string of the molecule is Cc1cc(O[C@H](NC(=O)c2ccccc2)C(Cl)(Cl)Cl)nc(SC(C)C)n1. The van der Waals surface area contributed by atoms with Gasteiger partial charge in [-0.1, -0.05) is 78.6 Å². The number of halogens is 3. The predicted octanol–water partition coefficient (Wildman–Crippen LogP) is 4.79. The number of carbonyl (C=O) groups is 1. The number of carbonyl (C=O) groups excluding carboxylic acids is 1. The van der Waals surface area contributed by atoms with Crippen LogP contribution in [0.5, 0.6) is 5.88 Å². The third-order valence-corrected chi connectivity index (χ3v) is 4.44. The molecule has 1 amide bonds. The van der Waals surface area contributed by atoms with Crippen LogP contribution in [0.25, 0.3) is 0 Å². The Morgan fingerprint density at radius 2 is 1.85 bits per heavy atom. The maximum absolute atomic E-state index is 12.4. The number of aryl methyl sites for hydroxylation is 1. The number of hydrogen-bond donors (Lipinski definition) is 1. The van der Waals surface area contributed by atoms with Crippen molar-refractivity contribution in [2.24, 2.45) is 0 Å². The first-order valence-electron chi connectivity index (χ1n) is 7.77. The number of amides is 1. The molecule has 5 nitrogen and oxygen atoms in total. The fourth-order valence-electron chi connectivity index (χ4n) is 1.93. The molecule has 0 saturated carbocycles. The molecule has 0 fully saturated rings. The summed E-state index contributed by atoms with van der Waals surface area (Å²) >= 11 is 19.4. The Bertz CT molecular complexity index is 755. The van der Waals surface area contributed by atoms with Crippen molar-refractivity contribution in [3.8, 4) is 5.88 Å². The van der Waals surface area contributed by atoms with Gasteiger partial charge in [0.1, 0.15) is 0 Å². The van der Waals surface area contributed by atoms with Crippen LogP contribution in [0, 0.1) is 6.92 Å². The highest BCUT2D eigenvalue weighted by Gasteiger charge is 2.37. The molecular formula is C17H18Cl3N3O2S. The van der Waals surface area contributed by atoms with Gasteiger partial charge in [0.25, 0.3) is 5.91 Å². The van der Waals surface area contributed by atoms with E-state index in [1.807, 2.05) is 20.8 Å². The van der Waals surface area contributed by atoms with Crippen molar-refractivity contribution in [1.82, 2.24) is 15.3 Å². The van der Waals surface area contributed by atoms with E-state index < -0.39 is 15.9 Å².